The van der Waals surface area contributed by atoms with Crippen molar-refractivity contribution in [3.8, 4) is 0 Å². The van der Waals surface area contributed by atoms with Crippen LogP contribution in [0.3, 0.4) is 0 Å². The van der Waals surface area contributed by atoms with Gasteiger partial charge in [-0.15, -0.1) is 11.8 Å². The number of carboxylic acids is 1. The Hall–Kier alpha value is -1.17. The quantitative estimate of drug-likeness (QED) is 0.650. The molecule has 0 aliphatic rings. The summed E-state index contributed by atoms with van der Waals surface area (Å²) >= 11 is 1.24. The lowest BCUT2D eigenvalue weighted by molar-refractivity contribution is -0.134. The maximum Gasteiger partial charge on any atom is 0.389 e. The monoisotopic (exact) mass is 278 g/mol. The molecule has 0 amide bonds. The van der Waals surface area contributed by atoms with E-state index in [-0.39, 0.29) is 12.0 Å². The van der Waals surface area contributed by atoms with E-state index >= 15 is 0 Å². The molecule has 0 unspecified atom stereocenters. The zero-order valence-electron chi connectivity index (χ0n) is 9.75. The van der Waals surface area contributed by atoms with Crippen LogP contribution in [0.4, 0.5) is 13.2 Å². The summed E-state index contributed by atoms with van der Waals surface area (Å²) in [4.78, 5) is 11.6. The second kappa shape index (κ2) is 6.13. The molecule has 0 saturated carbocycles. The Morgan fingerprint density at radius 2 is 2.06 bits per heavy atom. The average Bonchev–Trinajstić information content (AvgIpc) is 2.24. The fourth-order valence-corrected chi connectivity index (χ4v) is 2.27. The summed E-state index contributed by atoms with van der Waals surface area (Å²) in [7, 11) is 0. The number of carbonyl (C=O) groups is 1. The lowest BCUT2D eigenvalue weighted by Gasteiger charge is -2.07. The van der Waals surface area contributed by atoms with Gasteiger partial charge < -0.3 is 5.11 Å². The molecule has 0 aromatic heterocycles. The summed E-state index contributed by atoms with van der Waals surface area (Å²) in [6, 6.07) is 4.88. The molecule has 100 valence electrons. The topological polar surface area (TPSA) is 37.3 Å². The number of benzene rings is 1. The Morgan fingerprint density at radius 3 is 2.61 bits per heavy atom. The van der Waals surface area contributed by atoms with Crippen LogP contribution in [0.2, 0.25) is 0 Å². The van der Waals surface area contributed by atoms with Crippen molar-refractivity contribution in [1.29, 1.82) is 0 Å². The molecule has 1 N–H and O–H groups in total. The molecular formula is C12H13F3O2S. The van der Waals surface area contributed by atoms with Gasteiger partial charge in [0.25, 0.3) is 0 Å². The van der Waals surface area contributed by atoms with Gasteiger partial charge >= 0.3 is 12.1 Å². The molecule has 6 heteroatoms. The molecule has 0 fully saturated rings. The second-order valence-electron chi connectivity index (χ2n) is 3.85. The van der Waals surface area contributed by atoms with E-state index in [2.05, 4.69) is 0 Å². The Balaban J connectivity index is 2.53. The molecule has 0 aliphatic carbocycles. The number of hydrogen-bond acceptors (Lipinski definition) is 2. The normalized spacial score (nSPS) is 11.6. The van der Waals surface area contributed by atoms with Gasteiger partial charge in [-0.3, -0.25) is 0 Å². The molecule has 0 radical (unpaired) electrons. The average molecular weight is 278 g/mol. The predicted molar refractivity (Wildman–Crippen MR) is 64.2 cm³/mol. The fourth-order valence-electron chi connectivity index (χ4n) is 1.38. The van der Waals surface area contributed by atoms with Crippen molar-refractivity contribution in [1.82, 2.24) is 0 Å². The first-order valence-corrected chi connectivity index (χ1v) is 6.31. The molecule has 1 rings (SSSR count). The first-order valence-electron chi connectivity index (χ1n) is 5.33. The molecule has 18 heavy (non-hydrogen) atoms. The third kappa shape index (κ3) is 5.00. The van der Waals surface area contributed by atoms with E-state index in [1.807, 2.05) is 0 Å². The van der Waals surface area contributed by atoms with Crippen molar-refractivity contribution in [2.45, 2.75) is 30.8 Å². The summed E-state index contributed by atoms with van der Waals surface area (Å²) in [5.74, 6) is -0.702. The zero-order chi connectivity index (χ0) is 13.8. The number of alkyl halides is 3. The van der Waals surface area contributed by atoms with E-state index in [0.29, 0.717) is 16.2 Å². The minimum atomic E-state index is -4.12. The Labute approximate surface area is 107 Å². The standard InChI is InChI=1S/C12H13F3O2S/c1-8-3-4-9(7-10(8)11(16)17)18-6-2-5-12(13,14)15/h3-4,7H,2,5-6H2,1H3,(H,16,17). The van der Waals surface area contributed by atoms with Crippen LogP contribution in [-0.2, 0) is 0 Å². The maximum atomic E-state index is 11.9. The third-order valence-electron chi connectivity index (χ3n) is 2.31. The number of aromatic carboxylic acids is 1. The molecular weight excluding hydrogens is 265 g/mol. The van der Waals surface area contributed by atoms with Crippen molar-refractivity contribution in [3.05, 3.63) is 29.3 Å². The number of thioether (sulfide) groups is 1. The highest BCUT2D eigenvalue weighted by Gasteiger charge is 2.25. The largest absolute Gasteiger partial charge is 0.478 e. The first-order chi connectivity index (χ1) is 8.29. The van der Waals surface area contributed by atoms with E-state index < -0.39 is 18.6 Å². The summed E-state index contributed by atoms with van der Waals surface area (Å²) in [6.45, 7) is 1.68. The van der Waals surface area contributed by atoms with Gasteiger partial charge in [0.2, 0.25) is 0 Å². The Kier molecular flexibility index (Phi) is 5.07. The minimum Gasteiger partial charge on any atom is -0.478 e. The highest BCUT2D eigenvalue weighted by atomic mass is 32.2. The molecule has 0 atom stereocenters. The maximum absolute atomic E-state index is 11.9. The number of hydrogen-bond donors (Lipinski definition) is 1. The first kappa shape index (κ1) is 14.9. The third-order valence-corrected chi connectivity index (χ3v) is 3.39. The van der Waals surface area contributed by atoms with Gasteiger partial charge in [0.05, 0.1) is 5.56 Å². The second-order valence-corrected chi connectivity index (χ2v) is 5.02. The van der Waals surface area contributed by atoms with Crippen molar-refractivity contribution < 1.29 is 23.1 Å². The molecule has 0 aliphatic heterocycles. The molecule has 0 spiro atoms. The number of aryl methyl sites for hydroxylation is 1. The van der Waals surface area contributed by atoms with Crippen LogP contribution in [0, 0.1) is 6.92 Å². The molecule has 2 nitrogen and oxygen atoms in total. The van der Waals surface area contributed by atoms with Crippen LogP contribution < -0.4 is 0 Å². The van der Waals surface area contributed by atoms with Gasteiger partial charge in [-0.1, -0.05) is 6.07 Å². The van der Waals surface area contributed by atoms with Gasteiger partial charge in [0, 0.05) is 11.3 Å². The highest BCUT2D eigenvalue weighted by molar-refractivity contribution is 7.99. The lowest BCUT2D eigenvalue weighted by atomic mass is 10.1. The van der Waals surface area contributed by atoms with Gasteiger partial charge in [0.1, 0.15) is 0 Å². The molecule has 1 aromatic carbocycles. The summed E-state index contributed by atoms with van der Waals surface area (Å²) in [5, 5.41) is 8.91. The Morgan fingerprint density at radius 1 is 1.39 bits per heavy atom. The number of carboxylic acid groups (broad SMARTS) is 1. The van der Waals surface area contributed by atoms with Crippen LogP contribution in [-0.4, -0.2) is 23.0 Å². The predicted octanol–water partition coefficient (Wildman–Crippen LogP) is 4.13. The van der Waals surface area contributed by atoms with E-state index in [1.54, 1.807) is 19.1 Å². The van der Waals surface area contributed by atoms with Crippen molar-refractivity contribution in [2.24, 2.45) is 0 Å². The lowest BCUT2D eigenvalue weighted by Crippen LogP contribution is -2.06. The van der Waals surface area contributed by atoms with E-state index in [0.717, 1.165) is 0 Å². The molecule has 0 bridgehead atoms. The van der Waals surface area contributed by atoms with Crippen molar-refractivity contribution in [2.75, 3.05) is 5.75 Å². The van der Waals surface area contributed by atoms with Gasteiger partial charge in [0.15, 0.2) is 0 Å². The van der Waals surface area contributed by atoms with Crippen LogP contribution in [0.1, 0.15) is 28.8 Å². The Bertz CT molecular complexity index is 430. The minimum absolute atomic E-state index is 0.0322. The number of rotatable bonds is 5. The molecule has 0 saturated heterocycles. The zero-order valence-corrected chi connectivity index (χ0v) is 10.6. The van der Waals surface area contributed by atoms with E-state index in [4.69, 9.17) is 5.11 Å². The van der Waals surface area contributed by atoms with Gasteiger partial charge in [-0.2, -0.15) is 13.2 Å². The van der Waals surface area contributed by atoms with Crippen LogP contribution >= 0.6 is 11.8 Å². The van der Waals surface area contributed by atoms with Crippen LogP contribution in [0.5, 0.6) is 0 Å². The van der Waals surface area contributed by atoms with Gasteiger partial charge in [-0.25, -0.2) is 4.79 Å². The van der Waals surface area contributed by atoms with Gasteiger partial charge in [-0.05, 0) is 36.8 Å². The fraction of sp³-hybridized carbons (Fsp3) is 0.417. The van der Waals surface area contributed by atoms with E-state index in [9.17, 15) is 18.0 Å². The summed E-state index contributed by atoms with van der Waals surface area (Å²) in [5.41, 5.74) is 0.831. The van der Waals surface area contributed by atoms with Crippen LogP contribution in [0.15, 0.2) is 23.1 Å². The SMILES string of the molecule is Cc1ccc(SCCCC(F)(F)F)cc1C(=O)O. The van der Waals surface area contributed by atoms with E-state index in [1.165, 1.54) is 17.8 Å². The molecule has 0 heterocycles. The van der Waals surface area contributed by atoms with Crippen molar-refractivity contribution in [3.63, 3.8) is 0 Å². The smallest absolute Gasteiger partial charge is 0.389 e. The van der Waals surface area contributed by atoms with Crippen LogP contribution in [0.25, 0.3) is 0 Å². The summed E-state index contributed by atoms with van der Waals surface area (Å²) in [6.07, 6.45) is -4.90. The summed E-state index contributed by atoms with van der Waals surface area (Å²) < 4.78 is 35.8. The highest BCUT2D eigenvalue weighted by Crippen LogP contribution is 2.26. The molecule has 1 aromatic rings. The van der Waals surface area contributed by atoms with Crippen molar-refractivity contribution >= 4 is 17.7 Å². The number of halogens is 3.